The first kappa shape index (κ1) is 29.2. The monoisotopic (exact) mass is 520 g/mol. The smallest absolute Gasteiger partial charge is 0.258 e. The first-order valence-corrected chi connectivity index (χ1v) is 12.9. The van der Waals surface area contributed by atoms with Gasteiger partial charge in [0.15, 0.2) is 11.2 Å². The van der Waals surface area contributed by atoms with Crippen molar-refractivity contribution in [2.24, 2.45) is 9.98 Å². The molecule has 0 radical (unpaired) electrons. The van der Waals surface area contributed by atoms with Gasteiger partial charge in [-0.1, -0.05) is 60.7 Å². The number of carbonyl (C=O) groups is 2. The number of nitrogens with one attached hydrogen (secondary N) is 2. The molecule has 2 atom stereocenters. The quantitative estimate of drug-likeness (QED) is 0.604. The molecule has 8 heteroatoms. The summed E-state index contributed by atoms with van der Waals surface area (Å²) in [5, 5.41) is 6.09. The summed E-state index contributed by atoms with van der Waals surface area (Å²) in [5.74, 6) is -0.640. The number of hydrogen-bond acceptors (Lipinski definition) is 6. The van der Waals surface area contributed by atoms with Gasteiger partial charge in [-0.3, -0.25) is 19.6 Å². The van der Waals surface area contributed by atoms with Gasteiger partial charge in [-0.15, -0.1) is 0 Å². The van der Waals surface area contributed by atoms with E-state index in [9.17, 15) is 9.59 Å². The van der Waals surface area contributed by atoms with Crippen LogP contribution in [0.15, 0.2) is 70.6 Å². The van der Waals surface area contributed by atoms with Crippen molar-refractivity contribution in [2.75, 3.05) is 13.1 Å². The van der Waals surface area contributed by atoms with Crippen LogP contribution in [0.1, 0.15) is 52.7 Å². The number of amides is 2. The van der Waals surface area contributed by atoms with Crippen molar-refractivity contribution in [1.29, 1.82) is 0 Å². The molecule has 0 saturated carbocycles. The Kier molecular flexibility index (Phi) is 9.22. The normalized spacial score (nSPS) is 25.7. The van der Waals surface area contributed by atoms with E-state index in [0.717, 1.165) is 11.1 Å². The van der Waals surface area contributed by atoms with Crippen molar-refractivity contribution in [3.05, 3.63) is 71.8 Å². The van der Waals surface area contributed by atoms with Crippen molar-refractivity contribution in [3.8, 4) is 0 Å². The summed E-state index contributed by atoms with van der Waals surface area (Å²) >= 11 is 0. The van der Waals surface area contributed by atoms with Crippen molar-refractivity contribution in [1.82, 2.24) is 10.6 Å². The second-order valence-corrected chi connectivity index (χ2v) is 11.4. The molecule has 0 fully saturated rings. The van der Waals surface area contributed by atoms with Gasteiger partial charge >= 0.3 is 0 Å². The molecule has 2 amide bonds. The molecule has 0 aliphatic carbocycles. The lowest BCUT2D eigenvalue weighted by atomic mass is 9.99. The Morgan fingerprint density at radius 2 is 0.974 bits per heavy atom. The van der Waals surface area contributed by atoms with Crippen molar-refractivity contribution < 1.29 is 19.1 Å². The van der Waals surface area contributed by atoms with Crippen LogP contribution in [-0.2, 0) is 32.3 Å². The molecule has 204 valence electrons. The van der Waals surface area contributed by atoms with E-state index in [-0.39, 0.29) is 38.1 Å². The molecule has 0 saturated heterocycles. The number of carbonyl (C=O) groups excluding carboxylic acids is 2. The minimum Gasteiger partial charge on any atom is -0.355 e. The van der Waals surface area contributed by atoms with Crippen LogP contribution in [0.4, 0.5) is 0 Å². The Morgan fingerprint density at radius 1 is 0.632 bits per heavy atom. The van der Waals surface area contributed by atoms with Gasteiger partial charge in [0.2, 0.25) is 0 Å². The molecule has 0 spiro atoms. The third kappa shape index (κ3) is 8.33. The topological polar surface area (TPSA) is 101 Å². The number of hydrogen-bond donors (Lipinski definition) is 2. The molecule has 1 heterocycles. The number of nitrogens with zero attached hydrogens (tertiary/aromatic N) is 2. The van der Waals surface area contributed by atoms with Crippen LogP contribution in [0.3, 0.4) is 0 Å². The molecule has 2 unspecified atom stereocenters. The summed E-state index contributed by atoms with van der Waals surface area (Å²) in [5.41, 5.74) is -2.21. The fourth-order valence-corrected chi connectivity index (χ4v) is 3.78. The van der Waals surface area contributed by atoms with Gasteiger partial charge < -0.3 is 20.1 Å². The lowest BCUT2D eigenvalue weighted by molar-refractivity contribution is -0.140. The molecule has 1 aliphatic heterocycles. The number of aliphatic imine (C=N–C) groups is 2. The van der Waals surface area contributed by atoms with Gasteiger partial charge in [0.05, 0.1) is 37.4 Å². The van der Waals surface area contributed by atoms with E-state index >= 15 is 0 Å². The van der Waals surface area contributed by atoms with Gasteiger partial charge in [-0.2, -0.15) is 0 Å². The van der Waals surface area contributed by atoms with E-state index in [1.807, 2.05) is 88.4 Å². The SMILES string of the molecule is CC1(C)CN=CC(C)(OCc2ccccc2)C(=O)NC(C)(C)CN=CC(C)(OCc2ccccc2)C(=O)N1. The fraction of sp³-hybridized carbons (Fsp3) is 0.467. The van der Waals surface area contributed by atoms with E-state index in [2.05, 4.69) is 20.6 Å². The molecule has 2 aromatic rings. The maximum Gasteiger partial charge on any atom is 0.258 e. The first-order chi connectivity index (χ1) is 17.8. The van der Waals surface area contributed by atoms with Crippen LogP contribution in [-0.4, -0.2) is 59.6 Å². The van der Waals surface area contributed by atoms with E-state index in [1.54, 1.807) is 13.8 Å². The van der Waals surface area contributed by atoms with Crippen molar-refractivity contribution in [3.63, 3.8) is 0 Å². The summed E-state index contributed by atoms with van der Waals surface area (Å²) in [6.07, 6.45) is 3.05. The predicted molar refractivity (Wildman–Crippen MR) is 150 cm³/mol. The van der Waals surface area contributed by atoms with Crippen LogP contribution in [0.25, 0.3) is 0 Å². The second kappa shape index (κ2) is 12.0. The largest absolute Gasteiger partial charge is 0.355 e. The van der Waals surface area contributed by atoms with Crippen LogP contribution < -0.4 is 10.6 Å². The lowest BCUT2D eigenvalue weighted by Gasteiger charge is -2.34. The van der Waals surface area contributed by atoms with Gasteiger partial charge in [-0.25, -0.2) is 0 Å². The molecule has 0 aromatic heterocycles. The van der Waals surface area contributed by atoms with Gasteiger partial charge in [0.1, 0.15) is 0 Å². The molecule has 8 nitrogen and oxygen atoms in total. The molecular formula is C30H40N4O4. The van der Waals surface area contributed by atoms with E-state index in [0.29, 0.717) is 0 Å². The highest BCUT2D eigenvalue weighted by molar-refractivity contribution is 6.03. The first-order valence-electron chi connectivity index (χ1n) is 12.9. The highest BCUT2D eigenvalue weighted by atomic mass is 16.5. The van der Waals surface area contributed by atoms with Crippen LogP contribution >= 0.6 is 0 Å². The Bertz CT molecular complexity index is 1060. The maximum atomic E-state index is 13.5. The molecule has 0 bridgehead atoms. The van der Waals surface area contributed by atoms with Crippen LogP contribution in [0, 0.1) is 0 Å². The zero-order valence-corrected chi connectivity index (χ0v) is 23.3. The van der Waals surface area contributed by atoms with E-state index in [1.165, 1.54) is 12.4 Å². The van der Waals surface area contributed by atoms with Gasteiger partial charge in [-0.05, 0) is 52.7 Å². The van der Waals surface area contributed by atoms with E-state index in [4.69, 9.17) is 9.47 Å². The average Bonchev–Trinajstić information content (AvgIpc) is 2.86. The molecule has 38 heavy (non-hydrogen) atoms. The highest BCUT2D eigenvalue weighted by Gasteiger charge is 2.39. The maximum absolute atomic E-state index is 13.5. The van der Waals surface area contributed by atoms with Gasteiger partial charge in [0, 0.05) is 12.4 Å². The Morgan fingerprint density at radius 3 is 1.32 bits per heavy atom. The van der Waals surface area contributed by atoms with Crippen LogP contribution in [0.2, 0.25) is 0 Å². The number of benzene rings is 2. The summed E-state index contributed by atoms with van der Waals surface area (Å²) in [6, 6.07) is 19.3. The standard InChI is InChI=1S/C30H40N4O4/c1-27(2)19-31-21-30(6,38-18-24-15-11-8-12-16-24)26(36)34-28(3,4)20-32-22-29(5,25(35)33-27)37-17-23-13-9-7-10-14-23/h7-16,21-22H,17-20H2,1-6H3,(H,33,35)(H,34,36). The summed E-state index contributed by atoms with van der Waals surface area (Å²) in [6.45, 7) is 11.8. The third-order valence-electron chi connectivity index (χ3n) is 6.22. The summed E-state index contributed by atoms with van der Waals surface area (Å²) < 4.78 is 12.2. The van der Waals surface area contributed by atoms with Crippen molar-refractivity contribution in [2.45, 2.75) is 77.0 Å². The average molecular weight is 521 g/mol. The van der Waals surface area contributed by atoms with Crippen LogP contribution in [0.5, 0.6) is 0 Å². The fourth-order valence-electron chi connectivity index (χ4n) is 3.78. The Labute approximate surface area is 225 Å². The Hall–Kier alpha value is -3.36. The predicted octanol–water partition coefficient (Wildman–Crippen LogP) is 3.88. The molecule has 2 N–H and O–H groups in total. The van der Waals surface area contributed by atoms with Crippen molar-refractivity contribution >= 4 is 24.2 Å². The molecule has 2 aromatic carbocycles. The third-order valence-corrected chi connectivity index (χ3v) is 6.22. The summed E-state index contributed by atoms with van der Waals surface area (Å²) in [7, 11) is 0. The lowest BCUT2D eigenvalue weighted by Crippen LogP contribution is -2.58. The highest BCUT2D eigenvalue weighted by Crippen LogP contribution is 2.19. The number of ether oxygens (including phenoxy) is 2. The Balaban J connectivity index is 1.85. The second-order valence-electron chi connectivity index (χ2n) is 11.4. The molecule has 1 aliphatic rings. The zero-order chi connectivity index (χ0) is 27.9. The van der Waals surface area contributed by atoms with Gasteiger partial charge in [0.25, 0.3) is 11.8 Å². The molecular weight excluding hydrogens is 480 g/mol. The number of rotatable bonds is 6. The molecule has 3 rings (SSSR count). The minimum absolute atomic E-state index is 0.228. The summed E-state index contributed by atoms with van der Waals surface area (Å²) in [4.78, 5) is 36.0. The zero-order valence-electron chi connectivity index (χ0n) is 23.3. The minimum atomic E-state index is -1.33. The van der Waals surface area contributed by atoms with E-state index < -0.39 is 22.3 Å².